The fourth-order valence-electron chi connectivity index (χ4n) is 1.91. The zero-order chi connectivity index (χ0) is 16.8. The Labute approximate surface area is 151 Å². The molecule has 0 unspecified atom stereocenters. The highest BCUT2D eigenvalue weighted by molar-refractivity contribution is 6.30. The van der Waals surface area contributed by atoms with Crippen LogP contribution in [0.3, 0.4) is 0 Å². The average molecular weight is 348 g/mol. The van der Waals surface area contributed by atoms with Crippen molar-refractivity contribution < 1.29 is 0 Å². The van der Waals surface area contributed by atoms with Crippen molar-refractivity contribution in [1.29, 1.82) is 0 Å². The first-order valence-electron chi connectivity index (χ1n) is 7.21. The van der Waals surface area contributed by atoms with Crippen LogP contribution >= 0.6 is 23.2 Å². The number of rotatable bonds is 0. The Morgan fingerprint density at radius 1 is 0.542 bits per heavy atom. The second-order valence-electron chi connectivity index (χ2n) is 4.92. The molecule has 0 radical (unpaired) electrons. The highest BCUT2D eigenvalue weighted by Gasteiger charge is 1.93. The van der Waals surface area contributed by atoms with Gasteiger partial charge in [0.25, 0.3) is 0 Å². The molecule has 2 aromatic carbocycles. The number of hydrogen-bond acceptors (Lipinski definition) is 1. The molecule has 1 nitrogen and oxygen atoms in total. The van der Waals surface area contributed by atoms with Crippen LogP contribution in [0.5, 0.6) is 0 Å². The molecule has 0 bridgehead atoms. The van der Waals surface area contributed by atoms with Crippen LogP contribution in [0.25, 0.3) is 0 Å². The highest BCUT2D eigenvalue weighted by Crippen LogP contribution is 2.09. The molecule has 114 valence electrons. The molecule has 0 fully saturated rings. The van der Waals surface area contributed by atoms with E-state index in [1.54, 1.807) is 0 Å². The first-order valence-corrected chi connectivity index (χ1v) is 7.97. The summed E-state index contributed by atoms with van der Waals surface area (Å²) >= 11 is 11.7. The van der Waals surface area contributed by atoms with E-state index in [-0.39, 0.29) is 0 Å². The summed E-state index contributed by atoms with van der Waals surface area (Å²) in [5.74, 6) is 12.2. The lowest BCUT2D eigenvalue weighted by molar-refractivity contribution is 1.25. The lowest BCUT2D eigenvalue weighted by Gasteiger charge is -1.93. The quantitative estimate of drug-likeness (QED) is 0.510. The molecule has 0 saturated heterocycles. The van der Waals surface area contributed by atoms with E-state index in [1.807, 2.05) is 66.7 Å². The Bertz CT molecular complexity index is 888. The summed E-state index contributed by atoms with van der Waals surface area (Å²) in [6.45, 7) is 0. The van der Waals surface area contributed by atoms with Crippen molar-refractivity contribution in [3.63, 3.8) is 0 Å². The first kappa shape index (κ1) is 16.2. The minimum absolute atomic E-state index is 0.674. The maximum absolute atomic E-state index is 5.86. The van der Waals surface area contributed by atoms with Gasteiger partial charge in [-0.2, -0.15) is 0 Å². The summed E-state index contributed by atoms with van der Waals surface area (Å²) in [4.78, 5) is 4.44. The van der Waals surface area contributed by atoms with Gasteiger partial charge in [0.15, 0.2) is 0 Å². The van der Waals surface area contributed by atoms with Gasteiger partial charge in [0.05, 0.1) is 0 Å². The van der Waals surface area contributed by atoms with Gasteiger partial charge >= 0.3 is 0 Å². The maximum atomic E-state index is 5.86. The van der Waals surface area contributed by atoms with Crippen LogP contribution in [0.4, 0.5) is 0 Å². The molecule has 0 saturated carbocycles. The Balaban J connectivity index is 1.80. The molecular formula is C21H11Cl2N. The van der Waals surface area contributed by atoms with Crippen LogP contribution in [0.2, 0.25) is 10.0 Å². The molecule has 1 aromatic heterocycles. The molecule has 0 aliphatic rings. The van der Waals surface area contributed by atoms with E-state index in [2.05, 4.69) is 28.7 Å². The fraction of sp³-hybridized carbons (Fsp3) is 0. The van der Waals surface area contributed by atoms with E-state index in [0.29, 0.717) is 21.4 Å². The number of hydrogen-bond donors (Lipinski definition) is 0. The lowest BCUT2D eigenvalue weighted by Crippen LogP contribution is -1.87. The van der Waals surface area contributed by atoms with Crippen molar-refractivity contribution in [2.24, 2.45) is 0 Å². The summed E-state index contributed by atoms with van der Waals surface area (Å²) in [5.41, 5.74) is 3.12. The molecule has 0 atom stereocenters. The number of nitrogens with zero attached hydrogens (tertiary/aromatic N) is 1. The SMILES string of the molecule is Clc1ccc(C#Cc2cccc(C#Cc3ccc(Cl)cc3)n2)cc1. The van der Waals surface area contributed by atoms with Crippen molar-refractivity contribution in [2.75, 3.05) is 0 Å². The van der Waals surface area contributed by atoms with Crippen LogP contribution in [0, 0.1) is 23.7 Å². The minimum atomic E-state index is 0.674. The molecule has 0 aliphatic carbocycles. The molecule has 3 rings (SSSR count). The van der Waals surface area contributed by atoms with E-state index in [0.717, 1.165) is 11.1 Å². The summed E-state index contributed by atoms with van der Waals surface area (Å²) < 4.78 is 0. The highest BCUT2D eigenvalue weighted by atomic mass is 35.5. The van der Waals surface area contributed by atoms with E-state index in [9.17, 15) is 0 Å². The number of pyridine rings is 1. The van der Waals surface area contributed by atoms with E-state index >= 15 is 0 Å². The van der Waals surface area contributed by atoms with Crippen molar-refractivity contribution in [3.8, 4) is 23.7 Å². The van der Waals surface area contributed by atoms with Crippen LogP contribution in [0.1, 0.15) is 22.5 Å². The van der Waals surface area contributed by atoms with Crippen LogP contribution in [-0.2, 0) is 0 Å². The molecule has 0 aliphatic heterocycles. The summed E-state index contributed by atoms with van der Waals surface area (Å²) in [6, 6.07) is 20.4. The van der Waals surface area contributed by atoms with Crippen molar-refractivity contribution in [1.82, 2.24) is 4.98 Å². The van der Waals surface area contributed by atoms with Crippen LogP contribution in [0.15, 0.2) is 66.7 Å². The standard InChI is InChI=1S/C21H11Cl2N/c22-18-10-4-16(5-11-18)8-14-20-2-1-3-21(24-20)15-9-17-6-12-19(23)13-7-17/h1-7,10-13H. The first-order chi connectivity index (χ1) is 11.7. The summed E-state index contributed by atoms with van der Waals surface area (Å²) in [7, 11) is 0. The third-order valence-corrected chi connectivity index (χ3v) is 3.61. The molecule has 1 heterocycles. The van der Waals surface area contributed by atoms with Crippen LogP contribution < -0.4 is 0 Å². The number of aromatic nitrogens is 1. The summed E-state index contributed by atoms with van der Waals surface area (Å²) in [6.07, 6.45) is 0. The van der Waals surface area contributed by atoms with Crippen molar-refractivity contribution in [2.45, 2.75) is 0 Å². The van der Waals surface area contributed by atoms with Gasteiger partial charge in [0.1, 0.15) is 11.4 Å². The zero-order valence-corrected chi connectivity index (χ0v) is 14.1. The van der Waals surface area contributed by atoms with Gasteiger partial charge in [-0.3, -0.25) is 0 Å². The Hall–Kier alpha value is -2.71. The fourth-order valence-corrected chi connectivity index (χ4v) is 2.16. The van der Waals surface area contributed by atoms with E-state index in [1.165, 1.54) is 0 Å². The molecular weight excluding hydrogens is 337 g/mol. The van der Waals surface area contributed by atoms with Gasteiger partial charge in [0, 0.05) is 21.2 Å². The molecule has 0 spiro atoms. The Kier molecular flexibility index (Phi) is 5.19. The topological polar surface area (TPSA) is 12.9 Å². The van der Waals surface area contributed by atoms with Gasteiger partial charge in [-0.1, -0.05) is 41.1 Å². The molecule has 0 amide bonds. The van der Waals surface area contributed by atoms with Crippen molar-refractivity contribution in [3.05, 3.63) is 99.3 Å². The number of benzene rings is 2. The molecule has 3 heteroatoms. The van der Waals surface area contributed by atoms with Gasteiger partial charge in [-0.15, -0.1) is 0 Å². The van der Waals surface area contributed by atoms with Crippen LogP contribution in [-0.4, -0.2) is 4.98 Å². The minimum Gasteiger partial charge on any atom is -0.231 e. The monoisotopic (exact) mass is 347 g/mol. The van der Waals surface area contributed by atoms with Gasteiger partial charge in [-0.25, -0.2) is 4.98 Å². The molecule has 0 N–H and O–H groups in total. The second kappa shape index (κ2) is 7.71. The normalized spacial score (nSPS) is 9.42. The Morgan fingerprint density at radius 3 is 1.38 bits per heavy atom. The van der Waals surface area contributed by atoms with Gasteiger partial charge in [-0.05, 0) is 72.5 Å². The van der Waals surface area contributed by atoms with E-state index < -0.39 is 0 Å². The van der Waals surface area contributed by atoms with Gasteiger partial charge < -0.3 is 0 Å². The van der Waals surface area contributed by atoms with E-state index in [4.69, 9.17) is 23.2 Å². The third kappa shape index (κ3) is 4.64. The predicted octanol–water partition coefficient (Wildman–Crippen LogP) is 5.19. The molecule has 3 aromatic rings. The third-order valence-electron chi connectivity index (χ3n) is 3.11. The lowest BCUT2D eigenvalue weighted by atomic mass is 10.2. The summed E-state index contributed by atoms with van der Waals surface area (Å²) in [5, 5.41) is 1.39. The predicted molar refractivity (Wildman–Crippen MR) is 99.1 cm³/mol. The Morgan fingerprint density at radius 2 is 0.958 bits per heavy atom. The molecule has 24 heavy (non-hydrogen) atoms. The largest absolute Gasteiger partial charge is 0.231 e. The zero-order valence-electron chi connectivity index (χ0n) is 12.6. The average Bonchev–Trinajstić information content (AvgIpc) is 2.61. The second-order valence-corrected chi connectivity index (χ2v) is 5.79. The van der Waals surface area contributed by atoms with Gasteiger partial charge in [0.2, 0.25) is 0 Å². The number of halogens is 2. The maximum Gasteiger partial charge on any atom is 0.115 e. The smallest absolute Gasteiger partial charge is 0.115 e. The van der Waals surface area contributed by atoms with Crippen molar-refractivity contribution >= 4 is 23.2 Å².